The Balaban J connectivity index is 1.54. The van der Waals surface area contributed by atoms with Gasteiger partial charge in [0.25, 0.3) is 0 Å². The fourth-order valence-electron chi connectivity index (χ4n) is 7.20. The van der Waals surface area contributed by atoms with Gasteiger partial charge in [-0.3, -0.25) is 0 Å². The zero-order valence-electron chi connectivity index (χ0n) is 27.2. The molecule has 0 saturated heterocycles. The summed E-state index contributed by atoms with van der Waals surface area (Å²) in [6.45, 7) is 4.54. The van der Waals surface area contributed by atoms with Crippen molar-refractivity contribution in [3.8, 4) is 34.6 Å². The molecule has 0 aliphatic rings. The molecule has 0 radical (unpaired) electrons. The van der Waals surface area contributed by atoms with Gasteiger partial charge in [-0.05, 0) is 139 Å². The van der Waals surface area contributed by atoms with E-state index in [1.807, 2.05) is 0 Å². The molecule has 0 nitrogen and oxygen atoms in total. The molecule has 226 valence electrons. The molecule has 0 N–H and O–H groups in total. The number of fused-ring (bicyclic) bond motifs is 4. The van der Waals surface area contributed by atoms with Crippen molar-refractivity contribution < 1.29 is 0 Å². The van der Waals surface area contributed by atoms with Gasteiger partial charge in [0.2, 0.25) is 0 Å². The summed E-state index contributed by atoms with van der Waals surface area (Å²) in [7, 11) is 0. The van der Waals surface area contributed by atoms with Gasteiger partial charge in [0.1, 0.15) is 0 Å². The highest BCUT2D eigenvalue weighted by Gasteiger charge is 2.19. The van der Waals surface area contributed by atoms with Crippen LogP contribution in [0.15, 0.2) is 115 Å². The molecule has 0 aliphatic carbocycles. The predicted molar refractivity (Wildman–Crippen MR) is 202 cm³/mol. The largest absolute Gasteiger partial charge is 0.115 e. The summed E-state index contributed by atoms with van der Waals surface area (Å²) in [6, 6.07) is 43.5. The van der Waals surface area contributed by atoms with E-state index >= 15 is 0 Å². The van der Waals surface area contributed by atoms with Crippen LogP contribution >= 0.6 is 0 Å². The van der Waals surface area contributed by atoms with E-state index in [9.17, 15) is 0 Å². The average Bonchev–Trinajstić information content (AvgIpc) is 3.10. The van der Waals surface area contributed by atoms with Crippen LogP contribution in [0.4, 0.5) is 0 Å². The molecule has 46 heavy (non-hydrogen) atoms. The molecule has 0 unspecified atom stereocenters. The highest BCUT2D eigenvalue weighted by Crippen LogP contribution is 2.46. The molecular weight excluding hydrogens is 553 g/mol. The molecule has 0 atom stereocenters. The molecule has 7 aromatic carbocycles. The minimum Gasteiger partial charge on any atom is -0.115 e. The zero-order chi connectivity index (χ0) is 31.5. The van der Waals surface area contributed by atoms with Crippen LogP contribution in [0.5, 0.6) is 0 Å². The molecule has 0 heterocycles. The van der Waals surface area contributed by atoms with Gasteiger partial charge in [0.15, 0.2) is 0 Å². The fraction of sp³-hybridized carbons (Fsp3) is 0.217. The third-order valence-electron chi connectivity index (χ3n) is 9.73. The second-order valence-corrected chi connectivity index (χ2v) is 12.9. The topological polar surface area (TPSA) is 0 Å². The van der Waals surface area contributed by atoms with Crippen LogP contribution in [0, 0.1) is 12.3 Å². The minimum atomic E-state index is 0.913. The maximum absolute atomic E-state index is 5.86. The highest BCUT2D eigenvalue weighted by atomic mass is 14.2. The molecule has 0 spiro atoms. The first kappa shape index (κ1) is 29.8. The van der Waals surface area contributed by atoms with Crippen molar-refractivity contribution in [3.63, 3.8) is 0 Å². The standard InChI is InChI=1S/C46H42/c1-4-7-9-13-33-18-22-35(23-19-33)45-41-28-37-15-11-12-16-38(37)29-42(41)46(36-24-20-34(21-25-36)14-10-8-5-2)44-31-40-27-32(6-3)17-26-39(40)30-43(44)45/h3,11-12,15-31H,4-5,7-10,13-14H2,1-2H3. The molecule has 7 rings (SSSR count). The summed E-state index contributed by atoms with van der Waals surface area (Å²) in [5.41, 5.74) is 8.87. The van der Waals surface area contributed by atoms with Crippen molar-refractivity contribution in [2.24, 2.45) is 0 Å². The summed E-state index contributed by atoms with van der Waals surface area (Å²) in [4.78, 5) is 0. The number of terminal acetylenes is 1. The molecule has 0 bridgehead atoms. The van der Waals surface area contributed by atoms with Gasteiger partial charge >= 0.3 is 0 Å². The van der Waals surface area contributed by atoms with E-state index in [0.29, 0.717) is 0 Å². The Morgan fingerprint density at radius 3 is 1.33 bits per heavy atom. The molecule has 0 amide bonds. The Morgan fingerprint density at radius 2 is 0.891 bits per heavy atom. The predicted octanol–water partition coefficient (Wildman–Crippen LogP) is 13.1. The Bertz CT molecular complexity index is 2210. The monoisotopic (exact) mass is 594 g/mol. The van der Waals surface area contributed by atoms with Gasteiger partial charge < -0.3 is 0 Å². The average molecular weight is 595 g/mol. The number of hydrogen-bond acceptors (Lipinski definition) is 0. The summed E-state index contributed by atoms with van der Waals surface area (Å²) in [5, 5.41) is 10.1. The van der Waals surface area contributed by atoms with Gasteiger partial charge in [-0.15, -0.1) is 6.42 Å². The molecule has 7 aromatic rings. The van der Waals surface area contributed by atoms with Gasteiger partial charge in [0, 0.05) is 5.56 Å². The van der Waals surface area contributed by atoms with Gasteiger partial charge in [-0.25, -0.2) is 0 Å². The first-order chi connectivity index (χ1) is 22.7. The smallest absolute Gasteiger partial charge is 0.0248 e. The second-order valence-electron chi connectivity index (χ2n) is 12.9. The summed E-state index contributed by atoms with van der Waals surface area (Å²) >= 11 is 0. The Morgan fingerprint density at radius 1 is 0.457 bits per heavy atom. The number of hydrogen-bond donors (Lipinski definition) is 0. The first-order valence-electron chi connectivity index (χ1n) is 17.2. The highest BCUT2D eigenvalue weighted by molar-refractivity contribution is 6.25. The lowest BCUT2D eigenvalue weighted by Gasteiger charge is -2.20. The van der Waals surface area contributed by atoms with Gasteiger partial charge in [0.05, 0.1) is 0 Å². The number of unbranched alkanes of at least 4 members (excludes halogenated alkanes) is 4. The van der Waals surface area contributed by atoms with Gasteiger partial charge in [-0.2, -0.15) is 0 Å². The van der Waals surface area contributed by atoms with Crippen molar-refractivity contribution in [3.05, 3.63) is 132 Å². The quantitative estimate of drug-likeness (QED) is 0.0839. The normalized spacial score (nSPS) is 11.5. The van der Waals surface area contributed by atoms with E-state index in [1.165, 1.54) is 115 Å². The molecular formula is C46H42. The van der Waals surface area contributed by atoms with E-state index < -0.39 is 0 Å². The summed E-state index contributed by atoms with van der Waals surface area (Å²) in [6.07, 6.45) is 15.6. The number of rotatable bonds is 10. The SMILES string of the molecule is C#Cc1ccc2cc3c(-c4ccc(CCCCC)cc4)c4cc5ccccc5cc4c(-c4ccc(CCCCC)cc4)c3cc2c1. The lowest BCUT2D eigenvalue weighted by atomic mass is 9.83. The minimum absolute atomic E-state index is 0.913. The van der Waals surface area contributed by atoms with Crippen LogP contribution in [0.25, 0.3) is 65.3 Å². The lowest BCUT2D eigenvalue weighted by Crippen LogP contribution is -1.93. The zero-order valence-corrected chi connectivity index (χ0v) is 27.2. The van der Waals surface area contributed by atoms with Crippen molar-refractivity contribution in [1.82, 2.24) is 0 Å². The summed E-state index contributed by atoms with van der Waals surface area (Å²) < 4.78 is 0. The Labute approximate surface area is 274 Å². The lowest BCUT2D eigenvalue weighted by molar-refractivity contribution is 0.717. The van der Waals surface area contributed by atoms with E-state index in [-0.39, 0.29) is 0 Å². The van der Waals surface area contributed by atoms with Crippen LogP contribution in [0.1, 0.15) is 69.1 Å². The molecule has 0 aromatic heterocycles. The van der Waals surface area contributed by atoms with Crippen LogP contribution in [0.2, 0.25) is 0 Å². The maximum Gasteiger partial charge on any atom is 0.0248 e. The summed E-state index contributed by atoms with van der Waals surface area (Å²) in [5.74, 6) is 2.85. The van der Waals surface area contributed by atoms with E-state index in [4.69, 9.17) is 6.42 Å². The van der Waals surface area contributed by atoms with Crippen molar-refractivity contribution >= 4 is 43.1 Å². The van der Waals surface area contributed by atoms with Crippen molar-refractivity contribution in [2.75, 3.05) is 0 Å². The van der Waals surface area contributed by atoms with Crippen molar-refractivity contribution in [2.45, 2.75) is 65.2 Å². The van der Waals surface area contributed by atoms with Crippen LogP contribution in [-0.2, 0) is 12.8 Å². The van der Waals surface area contributed by atoms with Crippen LogP contribution in [0.3, 0.4) is 0 Å². The third-order valence-corrected chi connectivity index (χ3v) is 9.73. The molecule has 0 aliphatic heterocycles. The second kappa shape index (κ2) is 13.2. The van der Waals surface area contributed by atoms with E-state index in [0.717, 1.165) is 18.4 Å². The maximum atomic E-state index is 5.86. The van der Waals surface area contributed by atoms with Crippen LogP contribution in [-0.4, -0.2) is 0 Å². The number of aryl methyl sites for hydroxylation is 2. The van der Waals surface area contributed by atoms with Gasteiger partial charge in [-0.1, -0.05) is 124 Å². The molecule has 0 saturated carbocycles. The first-order valence-corrected chi connectivity index (χ1v) is 17.2. The van der Waals surface area contributed by atoms with Crippen LogP contribution < -0.4 is 0 Å². The van der Waals surface area contributed by atoms with Crippen molar-refractivity contribution in [1.29, 1.82) is 0 Å². The number of benzene rings is 7. The Hall–Kier alpha value is -4.86. The Kier molecular flexibility index (Phi) is 8.59. The van der Waals surface area contributed by atoms with E-state index in [1.54, 1.807) is 0 Å². The third kappa shape index (κ3) is 5.79. The fourth-order valence-corrected chi connectivity index (χ4v) is 7.20. The van der Waals surface area contributed by atoms with E-state index in [2.05, 4.69) is 135 Å². The molecule has 0 heteroatoms. The molecule has 0 fully saturated rings.